The molecule has 15 nitrogen and oxygen atoms in total. The predicted molar refractivity (Wildman–Crippen MR) is 259 cm³/mol. The number of alkyl carbamates (subject to hydrolysis) is 1. The van der Waals surface area contributed by atoms with Gasteiger partial charge in [0.25, 0.3) is 5.91 Å². The van der Waals surface area contributed by atoms with Crippen LogP contribution < -0.4 is 25.6 Å². The van der Waals surface area contributed by atoms with Crippen molar-refractivity contribution in [3.63, 3.8) is 0 Å². The van der Waals surface area contributed by atoms with Crippen LogP contribution in [0.3, 0.4) is 0 Å². The normalized spacial score (nSPS) is 16.2. The lowest BCUT2D eigenvalue weighted by atomic mass is 9.94. The summed E-state index contributed by atoms with van der Waals surface area (Å²) in [7, 11) is 2.70. The number of hydrogen-bond acceptors (Lipinski definition) is 11. The van der Waals surface area contributed by atoms with Gasteiger partial charge in [-0.2, -0.15) is 0 Å². The molecule has 2 saturated heterocycles. The molecule has 2 aliphatic heterocycles. The molecule has 5 rings (SSSR count). The van der Waals surface area contributed by atoms with Crippen molar-refractivity contribution in [1.82, 2.24) is 25.4 Å². The van der Waals surface area contributed by atoms with Crippen LogP contribution in [0.5, 0.6) is 5.75 Å². The molecule has 0 bridgehead atoms. The summed E-state index contributed by atoms with van der Waals surface area (Å²) in [5.41, 5.74) is 1.73. The summed E-state index contributed by atoms with van der Waals surface area (Å²) in [6.45, 7) is 21.6. The summed E-state index contributed by atoms with van der Waals surface area (Å²) in [6, 6.07) is 11.3. The van der Waals surface area contributed by atoms with Crippen molar-refractivity contribution in [2.75, 3.05) is 70.3 Å². The van der Waals surface area contributed by atoms with Gasteiger partial charge in [0, 0.05) is 80.9 Å². The molecule has 0 saturated carbocycles. The second-order valence-electron chi connectivity index (χ2n) is 17.2. The predicted octanol–water partition coefficient (Wildman–Crippen LogP) is 8.88. The third-order valence-corrected chi connectivity index (χ3v) is 10.8. The van der Waals surface area contributed by atoms with Crippen LogP contribution >= 0.6 is 11.6 Å². The van der Waals surface area contributed by atoms with Gasteiger partial charge >= 0.3 is 12.5 Å². The molecule has 2 aromatic carbocycles. The van der Waals surface area contributed by atoms with E-state index in [1.165, 1.54) is 44.2 Å². The van der Waals surface area contributed by atoms with Crippen LogP contribution in [0.15, 0.2) is 72.7 Å². The molecule has 2 fully saturated rings. The minimum absolute atomic E-state index is 0.0110. The van der Waals surface area contributed by atoms with E-state index in [9.17, 15) is 37.5 Å². The Labute approximate surface area is 403 Å². The fraction of sp³-hybridized carbons (Fsp3) is 0.490. The molecule has 374 valence electrons. The van der Waals surface area contributed by atoms with Gasteiger partial charge < -0.3 is 50.0 Å². The zero-order valence-electron chi connectivity index (χ0n) is 40.7. The Bertz CT molecular complexity index is 2210. The summed E-state index contributed by atoms with van der Waals surface area (Å²) < 4.78 is 55.7. The number of nitrogens with zero attached hydrogens (tertiary/aromatic N) is 4. The van der Waals surface area contributed by atoms with Gasteiger partial charge in [-0.15, -0.1) is 13.2 Å². The number of anilines is 2. The number of nitrogens with one attached hydrogen (secondary N) is 3. The van der Waals surface area contributed by atoms with Crippen LogP contribution in [0, 0.1) is 5.41 Å². The maximum absolute atomic E-state index is 13.7. The number of allylic oxidation sites excluding steroid dienone is 1. The van der Waals surface area contributed by atoms with E-state index in [-0.39, 0.29) is 46.9 Å². The van der Waals surface area contributed by atoms with Crippen LogP contribution in [0.4, 0.5) is 29.5 Å². The van der Waals surface area contributed by atoms with Crippen LogP contribution in [-0.4, -0.2) is 122 Å². The first-order valence-corrected chi connectivity index (χ1v) is 22.9. The molecule has 19 heteroatoms. The van der Waals surface area contributed by atoms with Crippen LogP contribution in [-0.2, 0) is 19.1 Å². The highest BCUT2D eigenvalue weighted by Crippen LogP contribution is 2.40. The fourth-order valence-corrected chi connectivity index (χ4v) is 7.31. The molecule has 0 aliphatic carbocycles. The number of aromatic nitrogens is 1. The maximum Gasteiger partial charge on any atom is 0.573 e. The van der Waals surface area contributed by atoms with Crippen molar-refractivity contribution in [1.29, 1.82) is 0 Å². The number of piperazine rings is 1. The molecular formula is C49H67ClF3N7O8. The fourth-order valence-electron chi connectivity index (χ4n) is 7.10. The lowest BCUT2D eigenvalue weighted by Crippen LogP contribution is -2.51. The number of pyridine rings is 1. The molecule has 0 spiro atoms. The molecule has 3 aromatic rings. The highest BCUT2D eigenvalue weighted by molar-refractivity contribution is 6.34. The number of ether oxygens (including phenoxy) is 3. The van der Waals surface area contributed by atoms with E-state index in [1.54, 1.807) is 43.3 Å². The first-order valence-electron chi connectivity index (χ1n) is 22.5. The second kappa shape index (κ2) is 26.1. The van der Waals surface area contributed by atoms with Gasteiger partial charge in [0.05, 0.1) is 42.1 Å². The van der Waals surface area contributed by atoms with Crippen molar-refractivity contribution in [3.8, 4) is 16.9 Å². The van der Waals surface area contributed by atoms with Gasteiger partial charge in [-0.05, 0) is 41.8 Å². The highest BCUT2D eigenvalue weighted by atomic mass is 35.5. The number of rotatable bonds is 13. The van der Waals surface area contributed by atoms with E-state index in [1.807, 2.05) is 30.6 Å². The lowest BCUT2D eigenvalue weighted by molar-refractivity contribution is -0.274. The number of alkyl halides is 3. The van der Waals surface area contributed by atoms with Gasteiger partial charge in [-0.1, -0.05) is 104 Å². The minimum atomic E-state index is -5.08. The monoisotopic (exact) mass is 973 g/mol. The number of likely N-dealkylation sites (tertiary alicyclic amines) is 1. The van der Waals surface area contributed by atoms with Crippen molar-refractivity contribution in [2.45, 2.75) is 93.2 Å². The summed E-state index contributed by atoms with van der Waals surface area (Å²) >= 11 is 6.56. The minimum Gasteiger partial charge on any atom is -0.453 e. The number of methoxy groups -OCH3 is 2. The quantitative estimate of drug-likeness (QED) is 0.129. The Balaban J connectivity index is 0.00000194. The molecule has 4 amide bonds. The van der Waals surface area contributed by atoms with Crippen molar-refractivity contribution >= 4 is 52.5 Å². The average Bonchev–Trinajstić information content (AvgIpc) is 3.75. The molecule has 68 heavy (non-hydrogen) atoms. The van der Waals surface area contributed by atoms with Crippen molar-refractivity contribution < 1.29 is 51.7 Å². The van der Waals surface area contributed by atoms with Gasteiger partial charge in [-0.3, -0.25) is 14.4 Å². The second-order valence-corrected chi connectivity index (χ2v) is 17.6. The largest absolute Gasteiger partial charge is 0.573 e. The Hall–Kier alpha value is -5.85. The zero-order chi connectivity index (χ0) is 50.9. The van der Waals surface area contributed by atoms with Crippen molar-refractivity contribution in [2.24, 2.45) is 5.41 Å². The first-order chi connectivity index (χ1) is 32.0. The van der Waals surface area contributed by atoms with E-state index < -0.39 is 48.1 Å². The maximum atomic E-state index is 13.7. The van der Waals surface area contributed by atoms with E-state index in [0.29, 0.717) is 66.5 Å². The molecular weight excluding hydrogens is 907 g/mol. The van der Waals surface area contributed by atoms with Gasteiger partial charge in [0.2, 0.25) is 11.8 Å². The highest BCUT2D eigenvalue weighted by Gasteiger charge is 2.38. The number of halogens is 4. The third-order valence-electron chi connectivity index (χ3n) is 10.5. The summed E-state index contributed by atoms with van der Waals surface area (Å²) in [5.74, 6) is -0.999. The van der Waals surface area contributed by atoms with Crippen LogP contribution in [0.1, 0.15) is 90.6 Å². The van der Waals surface area contributed by atoms with Crippen molar-refractivity contribution in [3.05, 3.63) is 88.9 Å². The van der Waals surface area contributed by atoms with Gasteiger partial charge in [0.15, 0.2) is 0 Å². The number of hydrogen-bond donors (Lipinski definition) is 4. The Kier molecular flexibility index (Phi) is 21.6. The summed E-state index contributed by atoms with van der Waals surface area (Å²) in [5, 5.41) is 18.4. The van der Waals surface area contributed by atoms with Crippen LogP contribution in [0.2, 0.25) is 5.02 Å². The number of carbonyl (C=O) groups excluding carboxylic acids is 4. The third kappa shape index (κ3) is 16.2. The molecule has 0 radical (unpaired) electrons. The number of aliphatic hydroxyl groups is 1. The van der Waals surface area contributed by atoms with Crippen LogP contribution in [0.25, 0.3) is 16.7 Å². The van der Waals surface area contributed by atoms with E-state index >= 15 is 0 Å². The standard InChI is InChI=1S/C43H51ClF3N7O8.2C3H8/c1-25(34(24-55)50-26(2)35-18-30(60-6)23-54(35)38(56)22-49-41(59)61-7)27-8-10-28(11-9-27)31-19-32(44)33(20-36(31)62-43(45,46)47)51-39(57)29-12-13-37(48-21-29)52-14-16-53(17-15-52)40(58)42(3,4)5;2*1-3-2/h8-13,19-21,30,35,50,55H,2,14-18,22-24H2,1,3-7H3,(H,49,59)(H,51,57);2*3H2,1-2H3/b34-25+;;. The summed E-state index contributed by atoms with van der Waals surface area (Å²) in [6.07, 6.45) is -1.89. The van der Waals surface area contributed by atoms with E-state index in [4.69, 9.17) is 16.3 Å². The molecule has 2 aliphatic rings. The van der Waals surface area contributed by atoms with E-state index in [0.717, 1.165) is 6.07 Å². The molecule has 1 aromatic heterocycles. The topological polar surface area (TPSA) is 175 Å². The molecule has 3 heterocycles. The first kappa shape index (κ1) is 56.5. The Morgan fingerprint density at radius 2 is 1.53 bits per heavy atom. The molecule has 4 N–H and O–H groups in total. The lowest BCUT2D eigenvalue weighted by Gasteiger charge is -2.38. The number of aliphatic hydroxyl groups excluding tert-OH is 1. The molecule has 2 unspecified atom stereocenters. The summed E-state index contributed by atoms with van der Waals surface area (Å²) in [4.78, 5) is 60.2. The average molecular weight is 975 g/mol. The zero-order valence-corrected chi connectivity index (χ0v) is 41.5. The number of amides is 4. The van der Waals surface area contributed by atoms with Gasteiger partial charge in [-0.25, -0.2) is 9.78 Å². The molecule has 2 atom stereocenters. The number of benzene rings is 2. The van der Waals surface area contributed by atoms with Gasteiger partial charge in [0.1, 0.15) is 18.1 Å². The smallest absolute Gasteiger partial charge is 0.453 e. The SMILES string of the molecule is C=C(N/C(CO)=C(\C)c1ccc(-c2cc(Cl)c(NC(=O)c3ccc(N4CCN(C(=O)C(C)(C)C)CC4)nc3)cc2OC(F)(F)F)cc1)C1CC(OC)CN1C(=O)CNC(=O)OC.CCC.CCC. The Morgan fingerprint density at radius 1 is 0.926 bits per heavy atom. The van der Waals surface area contributed by atoms with E-state index in [2.05, 4.69) is 64.7 Å². The Morgan fingerprint density at radius 3 is 2.04 bits per heavy atom. The number of carbonyl (C=O) groups is 4.